The Morgan fingerprint density at radius 1 is 0.281 bits per heavy atom. The highest BCUT2D eigenvalue weighted by molar-refractivity contribution is 7.25. The van der Waals surface area contributed by atoms with E-state index < -0.39 is 0 Å². The molecule has 0 saturated heterocycles. The van der Waals surface area contributed by atoms with Gasteiger partial charge in [0, 0.05) is 53.1 Å². The summed E-state index contributed by atoms with van der Waals surface area (Å²) in [5.41, 5.74) is 14.4. The summed E-state index contributed by atoms with van der Waals surface area (Å²) in [5.74, 6) is 0. The van der Waals surface area contributed by atoms with E-state index in [2.05, 4.69) is 215 Å². The number of aromatic nitrogens is 2. The molecule has 12 aromatic rings. The molecule has 0 amide bonds. The van der Waals surface area contributed by atoms with Crippen molar-refractivity contribution in [2.75, 3.05) is 0 Å². The van der Waals surface area contributed by atoms with Gasteiger partial charge in [-0.25, -0.2) is 0 Å². The minimum Gasteiger partial charge on any atom is -0.309 e. The van der Waals surface area contributed by atoms with Gasteiger partial charge in [-0.2, -0.15) is 0 Å². The third-order valence-corrected chi connectivity index (χ3v) is 12.9. The molecule has 0 atom stereocenters. The van der Waals surface area contributed by atoms with Crippen LogP contribution in [0.2, 0.25) is 0 Å². The van der Waals surface area contributed by atoms with Crippen LogP contribution in [0.1, 0.15) is 0 Å². The van der Waals surface area contributed by atoms with Crippen LogP contribution in [-0.4, -0.2) is 9.13 Å². The van der Waals surface area contributed by atoms with Gasteiger partial charge in [0.2, 0.25) is 0 Å². The number of nitrogens with zero attached hydrogens (tertiary/aromatic N) is 2. The highest BCUT2D eigenvalue weighted by Crippen LogP contribution is 2.44. The van der Waals surface area contributed by atoms with Crippen molar-refractivity contribution in [2.24, 2.45) is 0 Å². The van der Waals surface area contributed by atoms with Crippen LogP contribution in [0, 0.1) is 0 Å². The summed E-state index contributed by atoms with van der Waals surface area (Å²) < 4.78 is 7.53. The van der Waals surface area contributed by atoms with E-state index in [4.69, 9.17) is 0 Å². The van der Waals surface area contributed by atoms with Gasteiger partial charge in [-0.15, -0.1) is 11.3 Å². The minimum atomic E-state index is 1.15. The van der Waals surface area contributed by atoms with E-state index in [0.29, 0.717) is 0 Å². The van der Waals surface area contributed by atoms with Gasteiger partial charge in [0.15, 0.2) is 0 Å². The van der Waals surface area contributed by atoms with E-state index in [1.165, 1.54) is 97.2 Å². The van der Waals surface area contributed by atoms with Crippen LogP contribution in [0.4, 0.5) is 0 Å². The molecule has 0 aliphatic heterocycles. The lowest BCUT2D eigenvalue weighted by atomic mass is 9.87. The Hall–Kier alpha value is -7.20. The fourth-order valence-corrected chi connectivity index (χ4v) is 10.3. The van der Waals surface area contributed by atoms with E-state index >= 15 is 0 Å². The molecule has 0 aliphatic carbocycles. The fraction of sp³-hybridized carbons (Fsp3) is 0. The first kappa shape index (κ1) is 32.1. The summed E-state index contributed by atoms with van der Waals surface area (Å²) in [4.78, 5) is 0. The molecular formula is C54H34N2S. The third kappa shape index (κ3) is 4.96. The van der Waals surface area contributed by atoms with Crippen LogP contribution in [-0.2, 0) is 0 Å². The predicted octanol–water partition coefficient (Wildman–Crippen LogP) is 15.2. The maximum absolute atomic E-state index is 2.47. The standard InChI is InChI=1S/C54H34N2S/c1-3-14-35(15-4-1)40-21-13-22-41(36-16-5-2-6-17-36)54(40)37-26-29-50-45(32-37)46-33-38(55-48-23-10-7-18-42(48)43-19-8-11-24-49(43)55)27-30-51(46)56(50)39-28-31-53-47(34-39)44-20-9-12-25-52(44)57-53/h1-34H. The molecule has 3 heteroatoms. The van der Waals surface area contributed by atoms with E-state index in [-0.39, 0.29) is 0 Å². The zero-order chi connectivity index (χ0) is 37.5. The van der Waals surface area contributed by atoms with Crippen molar-refractivity contribution in [3.8, 4) is 44.8 Å². The smallest absolute Gasteiger partial charge is 0.0542 e. The van der Waals surface area contributed by atoms with Gasteiger partial charge < -0.3 is 9.13 Å². The Morgan fingerprint density at radius 3 is 1.40 bits per heavy atom. The van der Waals surface area contributed by atoms with Crippen molar-refractivity contribution < 1.29 is 0 Å². The van der Waals surface area contributed by atoms with Gasteiger partial charge >= 0.3 is 0 Å². The van der Waals surface area contributed by atoms with Gasteiger partial charge in [-0.3, -0.25) is 0 Å². The van der Waals surface area contributed by atoms with Gasteiger partial charge in [0.25, 0.3) is 0 Å². The molecule has 266 valence electrons. The summed E-state index contributed by atoms with van der Waals surface area (Å²) >= 11 is 1.86. The normalized spacial score (nSPS) is 11.9. The second-order valence-corrected chi connectivity index (χ2v) is 16.0. The van der Waals surface area contributed by atoms with E-state index in [0.717, 1.165) is 11.4 Å². The van der Waals surface area contributed by atoms with Gasteiger partial charge in [-0.05, 0) is 100 Å². The molecule has 2 nitrogen and oxygen atoms in total. The molecule has 57 heavy (non-hydrogen) atoms. The quantitative estimate of drug-likeness (QED) is 0.166. The molecule has 0 radical (unpaired) electrons. The number of hydrogen-bond acceptors (Lipinski definition) is 1. The average Bonchev–Trinajstić information content (AvgIpc) is 3.93. The van der Waals surface area contributed by atoms with Crippen LogP contribution in [0.25, 0.3) is 109 Å². The number of para-hydroxylation sites is 2. The predicted molar refractivity (Wildman–Crippen MR) is 244 cm³/mol. The lowest BCUT2D eigenvalue weighted by molar-refractivity contribution is 1.17. The van der Waals surface area contributed by atoms with Crippen LogP contribution in [0.5, 0.6) is 0 Å². The SMILES string of the molecule is c1ccc(-c2cccc(-c3ccccc3)c2-c2ccc3c(c2)c2cc(-n4c5ccccc5c5ccccc54)ccc2n3-c2ccc3sc4ccccc4c3c2)cc1. The molecule has 9 aromatic carbocycles. The van der Waals surface area contributed by atoms with Crippen molar-refractivity contribution in [1.29, 1.82) is 0 Å². The molecule has 0 aliphatic rings. The fourth-order valence-electron chi connectivity index (χ4n) is 9.22. The number of rotatable bonds is 5. The third-order valence-electron chi connectivity index (χ3n) is 11.7. The monoisotopic (exact) mass is 742 g/mol. The Bertz CT molecular complexity index is 3400. The van der Waals surface area contributed by atoms with Crippen LogP contribution in [0.3, 0.4) is 0 Å². The largest absolute Gasteiger partial charge is 0.309 e. The van der Waals surface area contributed by atoms with E-state index in [1.807, 2.05) is 11.3 Å². The molecular weight excluding hydrogens is 709 g/mol. The first-order valence-electron chi connectivity index (χ1n) is 19.5. The highest BCUT2D eigenvalue weighted by Gasteiger charge is 2.20. The Balaban J connectivity index is 1.17. The number of benzene rings is 9. The summed E-state index contributed by atoms with van der Waals surface area (Å²) in [6.45, 7) is 0. The summed E-state index contributed by atoms with van der Waals surface area (Å²) in [6.07, 6.45) is 0. The van der Waals surface area contributed by atoms with Crippen molar-refractivity contribution in [2.45, 2.75) is 0 Å². The number of fused-ring (bicyclic) bond motifs is 9. The van der Waals surface area contributed by atoms with Crippen molar-refractivity contribution in [1.82, 2.24) is 9.13 Å². The molecule has 3 heterocycles. The maximum atomic E-state index is 2.47. The molecule has 3 aromatic heterocycles. The number of thiophene rings is 1. The van der Waals surface area contributed by atoms with E-state index in [1.54, 1.807) is 0 Å². The molecule has 0 fully saturated rings. The van der Waals surface area contributed by atoms with Crippen molar-refractivity contribution in [3.05, 3.63) is 206 Å². The van der Waals surface area contributed by atoms with Crippen molar-refractivity contribution in [3.63, 3.8) is 0 Å². The summed E-state index contributed by atoms with van der Waals surface area (Å²) in [6, 6.07) is 75.8. The Morgan fingerprint density at radius 2 is 0.754 bits per heavy atom. The van der Waals surface area contributed by atoms with Crippen LogP contribution >= 0.6 is 11.3 Å². The van der Waals surface area contributed by atoms with Gasteiger partial charge in [0.05, 0.1) is 22.1 Å². The van der Waals surface area contributed by atoms with Crippen LogP contribution in [0.15, 0.2) is 206 Å². The average molecular weight is 743 g/mol. The first-order chi connectivity index (χ1) is 28.3. The summed E-state index contributed by atoms with van der Waals surface area (Å²) in [5, 5.41) is 7.58. The topological polar surface area (TPSA) is 9.86 Å². The lowest BCUT2D eigenvalue weighted by Gasteiger charge is -2.17. The minimum absolute atomic E-state index is 1.15. The van der Waals surface area contributed by atoms with Gasteiger partial charge in [-0.1, -0.05) is 140 Å². The molecule has 0 saturated carbocycles. The van der Waals surface area contributed by atoms with Crippen molar-refractivity contribution >= 4 is 75.1 Å². The second-order valence-electron chi connectivity index (χ2n) is 14.9. The first-order valence-corrected chi connectivity index (χ1v) is 20.3. The Labute approximate surface area is 333 Å². The highest BCUT2D eigenvalue weighted by atomic mass is 32.1. The molecule has 12 rings (SSSR count). The zero-order valence-corrected chi connectivity index (χ0v) is 31.7. The zero-order valence-electron chi connectivity index (χ0n) is 30.9. The van der Waals surface area contributed by atoms with E-state index in [9.17, 15) is 0 Å². The van der Waals surface area contributed by atoms with Gasteiger partial charge in [0.1, 0.15) is 0 Å². The molecule has 0 N–H and O–H groups in total. The summed E-state index contributed by atoms with van der Waals surface area (Å²) in [7, 11) is 0. The molecule has 0 bridgehead atoms. The Kier molecular flexibility index (Phi) is 7.13. The molecule has 0 unspecified atom stereocenters. The molecule has 0 spiro atoms. The lowest BCUT2D eigenvalue weighted by Crippen LogP contribution is -1.95. The second kappa shape index (κ2) is 12.7. The maximum Gasteiger partial charge on any atom is 0.0542 e. The van der Waals surface area contributed by atoms with Crippen LogP contribution < -0.4 is 0 Å². The number of hydrogen-bond donors (Lipinski definition) is 0.